The van der Waals surface area contributed by atoms with Crippen LogP contribution in [-0.2, 0) is 0 Å². The normalized spacial score (nSPS) is 11.2. The molecule has 0 atom stereocenters. The molecule has 0 bridgehead atoms. The van der Waals surface area contributed by atoms with Crippen molar-refractivity contribution in [2.75, 3.05) is 36.2 Å². The Labute approximate surface area is 199 Å². The third-order valence-electron chi connectivity index (χ3n) is 6.03. The first-order valence-corrected chi connectivity index (χ1v) is 11.6. The van der Waals surface area contributed by atoms with Gasteiger partial charge in [0, 0.05) is 37.0 Å². The van der Waals surface area contributed by atoms with Gasteiger partial charge in [-0.3, -0.25) is 10.0 Å². The maximum Gasteiger partial charge on any atom is 0.0991 e. The minimum atomic E-state index is 0.596. The van der Waals surface area contributed by atoms with Gasteiger partial charge in [-0.1, -0.05) is 0 Å². The number of nitriles is 2. The van der Waals surface area contributed by atoms with Gasteiger partial charge in [0.25, 0.3) is 0 Å². The zero-order chi connectivity index (χ0) is 24.2. The van der Waals surface area contributed by atoms with E-state index >= 15 is 0 Å². The molecule has 0 spiro atoms. The molecule has 2 aromatic carbocycles. The second-order valence-corrected chi connectivity index (χ2v) is 7.85. The summed E-state index contributed by atoms with van der Waals surface area (Å²) in [5, 5.41) is 34.6. The first kappa shape index (κ1) is 22.9. The molecule has 34 heavy (non-hydrogen) atoms. The molecule has 0 saturated carbocycles. The lowest BCUT2D eigenvalue weighted by Gasteiger charge is -2.23. The van der Waals surface area contributed by atoms with Crippen molar-refractivity contribution in [1.29, 1.82) is 10.5 Å². The molecule has 2 heterocycles. The Hall–Kier alpha value is -4.30. The number of hydrogen-bond acceptors (Lipinski definition) is 6. The summed E-state index contributed by atoms with van der Waals surface area (Å²) < 4.78 is 0. The predicted molar refractivity (Wildman–Crippen MR) is 136 cm³/mol. The van der Waals surface area contributed by atoms with Crippen molar-refractivity contribution in [1.82, 2.24) is 19.8 Å². The Kier molecular flexibility index (Phi) is 6.51. The average Bonchev–Trinajstić information content (AvgIpc) is 3.41. The largest absolute Gasteiger partial charge is 0.297 e. The van der Waals surface area contributed by atoms with Crippen LogP contribution in [0.2, 0.25) is 0 Å². The van der Waals surface area contributed by atoms with Gasteiger partial charge >= 0.3 is 0 Å². The highest BCUT2D eigenvalue weighted by Gasteiger charge is 2.17. The van der Waals surface area contributed by atoms with Crippen molar-refractivity contribution < 1.29 is 0 Å². The summed E-state index contributed by atoms with van der Waals surface area (Å²) in [6.45, 7) is 11.6. The molecule has 8 heteroatoms. The van der Waals surface area contributed by atoms with Crippen LogP contribution in [0.3, 0.4) is 0 Å². The second kappa shape index (κ2) is 9.68. The summed E-state index contributed by atoms with van der Waals surface area (Å²) in [5.74, 6) is 0. The van der Waals surface area contributed by atoms with Crippen LogP contribution in [0.1, 0.15) is 50.2 Å². The van der Waals surface area contributed by atoms with Gasteiger partial charge in [0.2, 0.25) is 0 Å². The van der Waals surface area contributed by atoms with E-state index in [1.807, 2.05) is 46.0 Å². The van der Waals surface area contributed by atoms with E-state index < -0.39 is 0 Å². The summed E-state index contributed by atoms with van der Waals surface area (Å²) in [6, 6.07) is 15.6. The van der Waals surface area contributed by atoms with Gasteiger partial charge in [0.05, 0.1) is 45.7 Å². The zero-order valence-electron chi connectivity index (χ0n) is 20.0. The first-order valence-electron chi connectivity index (χ1n) is 11.6. The summed E-state index contributed by atoms with van der Waals surface area (Å²) in [5.41, 5.74) is 4.65. The maximum atomic E-state index is 9.45. The molecule has 0 amide bonds. The van der Waals surface area contributed by atoms with Crippen LogP contribution < -0.4 is 10.0 Å². The van der Waals surface area contributed by atoms with E-state index in [9.17, 15) is 10.5 Å². The number of hydrogen-bond donors (Lipinski definition) is 0. The van der Waals surface area contributed by atoms with Crippen molar-refractivity contribution in [3.63, 3.8) is 0 Å². The topological polar surface area (TPSA) is 89.7 Å². The van der Waals surface area contributed by atoms with Crippen molar-refractivity contribution >= 4 is 34.0 Å². The summed E-state index contributed by atoms with van der Waals surface area (Å²) in [7, 11) is 0. The van der Waals surface area contributed by atoms with Gasteiger partial charge in [-0.25, -0.2) is 0 Å². The molecule has 4 rings (SSSR count). The van der Waals surface area contributed by atoms with E-state index in [4.69, 9.17) is 10.2 Å². The standard InChI is InChI=1S/C26H28N8/c1-5-31(6-2)33-25(21-15-19(17-27)9-11-23(21)29-33)13-14-26-22-16-20(18-28)10-12-24(22)30-34(26)32(7-3)8-4/h9-16H,5-8H2,1-4H3. The van der Waals surface area contributed by atoms with E-state index in [1.54, 1.807) is 12.1 Å². The van der Waals surface area contributed by atoms with Gasteiger partial charge in [0.1, 0.15) is 0 Å². The van der Waals surface area contributed by atoms with Crippen LogP contribution in [0.4, 0.5) is 0 Å². The number of nitrogens with zero attached hydrogens (tertiary/aromatic N) is 8. The van der Waals surface area contributed by atoms with Crippen LogP contribution in [0.15, 0.2) is 36.4 Å². The van der Waals surface area contributed by atoms with E-state index in [1.165, 1.54) is 0 Å². The molecule has 0 radical (unpaired) electrons. The summed E-state index contributed by atoms with van der Waals surface area (Å²) in [6.07, 6.45) is 4.06. The van der Waals surface area contributed by atoms with E-state index in [2.05, 4.69) is 49.9 Å². The molecular formula is C26H28N8. The van der Waals surface area contributed by atoms with Crippen LogP contribution in [0.5, 0.6) is 0 Å². The fourth-order valence-electron chi connectivity index (χ4n) is 4.21. The van der Waals surface area contributed by atoms with Crippen molar-refractivity contribution in [3.8, 4) is 12.1 Å². The molecule has 0 saturated heterocycles. The van der Waals surface area contributed by atoms with Crippen molar-refractivity contribution in [3.05, 3.63) is 58.9 Å². The molecule has 0 aliphatic heterocycles. The SMILES string of the molecule is CCN(CC)n1nc2ccc(C#N)cc2c1C=Cc1c2cc(C#N)ccc2nn1N(CC)CC. The molecule has 0 unspecified atom stereocenters. The second-order valence-electron chi connectivity index (χ2n) is 7.85. The molecule has 8 nitrogen and oxygen atoms in total. The Bertz CT molecular complexity index is 1330. The van der Waals surface area contributed by atoms with Crippen LogP contribution in [-0.4, -0.2) is 46.0 Å². The van der Waals surface area contributed by atoms with Gasteiger partial charge in [-0.15, -0.1) is 0 Å². The molecule has 4 aromatic rings. The molecule has 172 valence electrons. The smallest absolute Gasteiger partial charge is 0.0991 e. The number of aromatic nitrogens is 4. The van der Waals surface area contributed by atoms with E-state index in [0.29, 0.717) is 11.1 Å². The minimum Gasteiger partial charge on any atom is -0.297 e. The molecule has 0 aliphatic carbocycles. The zero-order valence-corrected chi connectivity index (χ0v) is 20.0. The summed E-state index contributed by atoms with van der Waals surface area (Å²) in [4.78, 5) is 3.84. The number of benzene rings is 2. The van der Waals surface area contributed by atoms with Gasteiger partial charge in [0.15, 0.2) is 0 Å². The lowest BCUT2D eigenvalue weighted by Crippen LogP contribution is -2.36. The molecular weight excluding hydrogens is 424 g/mol. The fraction of sp³-hybridized carbons (Fsp3) is 0.308. The van der Waals surface area contributed by atoms with Crippen molar-refractivity contribution in [2.45, 2.75) is 27.7 Å². The van der Waals surface area contributed by atoms with Crippen molar-refractivity contribution in [2.24, 2.45) is 0 Å². The predicted octanol–water partition coefficient (Wildman–Crippen LogP) is 4.26. The monoisotopic (exact) mass is 452 g/mol. The number of rotatable bonds is 8. The van der Waals surface area contributed by atoms with E-state index in [0.717, 1.165) is 59.4 Å². The third-order valence-corrected chi connectivity index (χ3v) is 6.03. The van der Waals surface area contributed by atoms with Gasteiger partial charge in [-0.05, 0) is 76.2 Å². The summed E-state index contributed by atoms with van der Waals surface area (Å²) >= 11 is 0. The molecule has 2 aromatic heterocycles. The lowest BCUT2D eigenvalue weighted by molar-refractivity contribution is 0.556. The fourth-order valence-corrected chi connectivity index (χ4v) is 4.21. The highest BCUT2D eigenvalue weighted by Crippen LogP contribution is 2.26. The van der Waals surface area contributed by atoms with Gasteiger partial charge in [-0.2, -0.15) is 30.3 Å². The molecule has 0 fully saturated rings. The Morgan fingerprint density at radius 1 is 0.706 bits per heavy atom. The highest BCUT2D eigenvalue weighted by molar-refractivity contribution is 5.94. The van der Waals surface area contributed by atoms with Crippen LogP contribution in [0.25, 0.3) is 34.0 Å². The Morgan fingerprint density at radius 3 is 1.41 bits per heavy atom. The first-order chi connectivity index (χ1) is 16.6. The average molecular weight is 453 g/mol. The lowest BCUT2D eigenvalue weighted by atomic mass is 10.1. The maximum absolute atomic E-state index is 9.45. The van der Waals surface area contributed by atoms with Crippen LogP contribution in [0, 0.1) is 22.7 Å². The molecule has 0 aliphatic rings. The highest BCUT2D eigenvalue weighted by atomic mass is 15.7. The third kappa shape index (κ3) is 3.95. The molecule has 0 N–H and O–H groups in total. The quantitative estimate of drug-likeness (QED) is 0.397. The Balaban J connectivity index is 1.96. The number of fused-ring (bicyclic) bond motifs is 2. The van der Waals surface area contributed by atoms with Crippen LogP contribution >= 0.6 is 0 Å². The van der Waals surface area contributed by atoms with E-state index in [-0.39, 0.29) is 0 Å². The minimum absolute atomic E-state index is 0.596. The Morgan fingerprint density at radius 2 is 1.09 bits per heavy atom. The van der Waals surface area contributed by atoms with Gasteiger partial charge < -0.3 is 0 Å².